The molecule has 0 amide bonds. The number of rotatable bonds is 2. The maximum atomic E-state index is 12.3. The van der Waals surface area contributed by atoms with Crippen LogP contribution in [0.3, 0.4) is 0 Å². The number of benzene rings is 2. The molecule has 3 rings (SSSR count). The average Bonchev–Trinajstić information content (AvgIpc) is 2.43. The number of fused-ring (bicyclic) bond motifs is 1. The predicted octanol–water partition coefficient (Wildman–Crippen LogP) is 3.30. The predicted molar refractivity (Wildman–Crippen MR) is 77.1 cm³/mol. The van der Waals surface area contributed by atoms with Gasteiger partial charge in [0.1, 0.15) is 34.5 Å². The molecule has 5 heteroatoms. The number of phenols is 2. The van der Waals surface area contributed by atoms with Crippen LogP contribution in [0.15, 0.2) is 51.9 Å². The first-order valence-corrected chi connectivity index (χ1v) is 6.26. The molecule has 0 saturated carbocycles. The van der Waals surface area contributed by atoms with Crippen molar-refractivity contribution in [2.45, 2.75) is 6.92 Å². The van der Waals surface area contributed by atoms with Crippen molar-refractivity contribution in [3.05, 3.63) is 58.4 Å². The van der Waals surface area contributed by atoms with Gasteiger partial charge in [-0.2, -0.15) is 0 Å². The second-order valence-corrected chi connectivity index (χ2v) is 4.68. The first-order chi connectivity index (χ1) is 10.0. The Labute approximate surface area is 119 Å². The van der Waals surface area contributed by atoms with E-state index in [1.165, 1.54) is 6.07 Å². The fourth-order valence-electron chi connectivity index (χ4n) is 2.01. The summed E-state index contributed by atoms with van der Waals surface area (Å²) in [6, 6.07) is 9.51. The lowest BCUT2D eigenvalue weighted by Gasteiger charge is -2.07. The fraction of sp³-hybridized carbons (Fsp3) is 0.0625. The summed E-state index contributed by atoms with van der Waals surface area (Å²) >= 11 is 0. The van der Waals surface area contributed by atoms with Crippen molar-refractivity contribution in [2.75, 3.05) is 0 Å². The van der Waals surface area contributed by atoms with Crippen molar-refractivity contribution in [3.8, 4) is 23.0 Å². The molecule has 0 radical (unpaired) electrons. The zero-order valence-corrected chi connectivity index (χ0v) is 11.2. The molecule has 0 aliphatic carbocycles. The van der Waals surface area contributed by atoms with E-state index in [-0.39, 0.29) is 28.2 Å². The van der Waals surface area contributed by atoms with Crippen LogP contribution in [0, 0.1) is 6.92 Å². The van der Waals surface area contributed by atoms with E-state index in [1.54, 1.807) is 12.1 Å². The summed E-state index contributed by atoms with van der Waals surface area (Å²) in [4.78, 5) is 12.3. The Bertz CT molecular complexity index is 862. The van der Waals surface area contributed by atoms with Gasteiger partial charge < -0.3 is 19.4 Å². The minimum absolute atomic E-state index is 0.0302. The Hall–Kier alpha value is -2.95. The number of ether oxygens (including phenoxy) is 1. The summed E-state index contributed by atoms with van der Waals surface area (Å²) in [6.07, 6.45) is 1.16. The van der Waals surface area contributed by atoms with Gasteiger partial charge in [-0.25, -0.2) is 0 Å². The van der Waals surface area contributed by atoms with E-state index in [1.807, 2.05) is 19.1 Å². The van der Waals surface area contributed by atoms with Crippen molar-refractivity contribution >= 4 is 11.0 Å². The highest BCUT2D eigenvalue weighted by Crippen LogP contribution is 2.29. The molecule has 106 valence electrons. The average molecular weight is 284 g/mol. The molecule has 0 unspecified atom stereocenters. The lowest BCUT2D eigenvalue weighted by molar-refractivity contribution is 0.439. The minimum atomic E-state index is -0.505. The lowest BCUT2D eigenvalue weighted by atomic mass is 10.2. The van der Waals surface area contributed by atoms with Crippen LogP contribution < -0.4 is 10.2 Å². The third-order valence-corrected chi connectivity index (χ3v) is 3.06. The summed E-state index contributed by atoms with van der Waals surface area (Å²) in [6.45, 7) is 1.94. The maximum absolute atomic E-state index is 12.3. The SMILES string of the molecule is Cc1ccc(Oc2coc3cc(O)cc(O)c3c2=O)cc1. The Morgan fingerprint density at radius 2 is 1.81 bits per heavy atom. The van der Waals surface area contributed by atoms with E-state index in [2.05, 4.69) is 0 Å². The van der Waals surface area contributed by atoms with Gasteiger partial charge in [-0.1, -0.05) is 17.7 Å². The molecule has 0 aliphatic rings. The molecule has 2 aromatic carbocycles. The van der Waals surface area contributed by atoms with Gasteiger partial charge >= 0.3 is 0 Å². The lowest BCUT2D eigenvalue weighted by Crippen LogP contribution is -2.05. The summed E-state index contributed by atoms with van der Waals surface area (Å²) in [7, 11) is 0. The van der Waals surface area contributed by atoms with Gasteiger partial charge in [0.25, 0.3) is 0 Å². The molecular weight excluding hydrogens is 272 g/mol. The minimum Gasteiger partial charge on any atom is -0.508 e. The normalized spacial score (nSPS) is 10.7. The van der Waals surface area contributed by atoms with Crippen LogP contribution in [0.1, 0.15) is 5.56 Å². The van der Waals surface area contributed by atoms with Gasteiger partial charge in [0.05, 0.1) is 0 Å². The fourth-order valence-corrected chi connectivity index (χ4v) is 2.01. The van der Waals surface area contributed by atoms with Gasteiger partial charge in [0.2, 0.25) is 11.2 Å². The van der Waals surface area contributed by atoms with Gasteiger partial charge in [0, 0.05) is 12.1 Å². The van der Waals surface area contributed by atoms with E-state index in [4.69, 9.17) is 9.15 Å². The Balaban J connectivity index is 2.10. The molecule has 2 N–H and O–H groups in total. The Morgan fingerprint density at radius 3 is 2.52 bits per heavy atom. The second-order valence-electron chi connectivity index (χ2n) is 4.68. The summed E-state index contributed by atoms with van der Waals surface area (Å²) < 4.78 is 10.7. The van der Waals surface area contributed by atoms with E-state index >= 15 is 0 Å². The molecule has 0 bridgehead atoms. The van der Waals surface area contributed by atoms with Crippen LogP contribution in [-0.2, 0) is 0 Å². The number of aromatic hydroxyl groups is 2. The first kappa shape index (κ1) is 13.1. The van der Waals surface area contributed by atoms with E-state index in [9.17, 15) is 15.0 Å². The maximum Gasteiger partial charge on any atom is 0.238 e. The monoisotopic (exact) mass is 284 g/mol. The quantitative estimate of drug-likeness (QED) is 0.754. The van der Waals surface area contributed by atoms with Crippen LogP contribution >= 0.6 is 0 Å². The molecule has 1 aromatic heterocycles. The first-order valence-electron chi connectivity index (χ1n) is 6.26. The highest BCUT2D eigenvalue weighted by Gasteiger charge is 2.14. The molecule has 1 heterocycles. The second kappa shape index (κ2) is 4.86. The van der Waals surface area contributed by atoms with Crippen molar-refractivity contribution in [3.63, 3.8) is 0 Å². The molecule has 0 fully saturated rings. The van der Waals surface area contributed by atoms with Crippen molar-refractivity contribution in [2.24, 2.45) is 0 Å². The van der Waals surface area contributed by atoms with E-state index in [0.717, 1.165) is 17.9 Å². The Morgan fingerprint density at radius 1 is 1.10 bits per heavy atom. The van der Waals surface area contributed by atoms with Crippen molar-refractivity contribution in [1.82, 2.24) is 0 Å². The number of hydrogen-bond donors (Lipinski definition) is 2. The van der Waals surface area contributed by atoms with Gasteiger partial charge in [-0.05, 0) is 19.1 Å². The highest BCUT2D eigenvalue weighted by atomic mass is 16.5. The smallest absolute Gasteiger partial charge is 0.238 e. The molecule has 0 spiro atoms. The van der Waals surface area contributed by atoms with Crippen LogP contribution in [0.25, 0.3) is 11.0 Å². The summed E-state index contributed by atoms with van der Waals surface area (Å²) in [5.74, 6) is -0.0821. The topological polar surface area (TPSA) is 79.9 Å². The van der Waals surface area contributed by atoms with E-state index in [0.29, 0.717) is 5.75 Å². The molecule has 5 nitrogen and oxygen atoms in total. The van der Waals surface area contributed by atoms with E-state index < -0.39 is 5.43 Å². The largest absolute Gasteiger partial charge is 0.508 e. The summed E-state index contributed by atoms with van der Waals surface area (Å²) in [5.41, 5.74) is 0.657. The molecule has 0 aliphatic heterocycles. The number of phenolic OH excluding ortho intramolecular Hbond substituents is 2. The van der Waals surface area contributed by atoms with Gasteiger partial charge in [0.15, 0.2) is 0 Å². The third-order valence-electron chi connectivity index (χ3n) is 3.06. The van der Waals surface area contributed by atoms with Crippen molar-refractivity contribution in [1.29, 1.82) is 0 Å². The zero-order valence-electron chi connectivity index (χ0n) is 11.2. The number of hydrogen-bond acceptors (Lipinski definition) is 5. The number of aryl methyl sites for hydroxylation is 1. The molecule has 0 saturated heterocycles. The Kier molecular flexibility index (Phi) is 3.02. The third kappa shape index (κ3) is 2.41. The summed E-state index contributed by atoms with van der Waals surface area (Å²) in [5, 5.41) is 19.1. The standard InChI is InChI=1S/C16H12O5/c1-9-2-4-11(5-3-9)21-14-8-20-13-7-10(17)6-12(18)15(13)16(14)19/h2-8,17-18H,1H3. The van der Waals surface area contributed by atoms with Crippen LogP contribution in [0.2, 0.25) is 0 Å². The molecular formula is C16H12O5. The van der Waals surface area contributed by atoms with Crippen LogP contribution in [0.5, 0.6) is 23.0 Å². The van der Waals surface area contributed by atoms with Gasteiger partial charge in [-0.3, -0.25) is 4.79 Å². The zero-order chi connectivity index (χ0) is 15.0. The molecule has 21 heavy (non-hydrogen) atoms. The van der Waals surface area contributed by atoms with Crippen LogP contribution in [-0.4, -0.2) is 10.2 Å². The molecule has 0 atom stereocenters. The van der Waals surface area contributed by atoms with Crippen molar-refractivity contribution < 1.29 is 19.4 Å². The molecule has 3 aromatic rings. The van der Waals surface area contributed by atoms with Gasteiger partial charge in [-0.15, -0.1) is 0 Å². The van der Waals surface area contributed by atoms with Crippen LogP contribution in [0.4, 0.5) is 0 Å². The highest BCUT2D eigenvalue weighted by molar-refractivity contribution is 5.85.